The van der Waals surface area contributed by atoms with Crippen LogP contribution in [-0.4, -0.2) is 67.0 Å². The highest BCUT2D eigenvalue weighted by Gasteiger charge is 2.29. The highest BCUT2D eigenvalue weighted by atomic mass is 16.4. The number of rotatable bonds is 6. The number of aromatic carboxylic acids is 1. The van der Waals surface area contributed by atoms with E-state index in [9.17, 15) is 24.3 Å². The van der Waals surface area contributed by atoms with Crippen LogP contribution in [-0.2, 0) is 25.9 Å². The second kappa shape index (κ2) is 11.2. The Hall–Kier alpha value is -5.33. The van der Waals surface area contributed by atoms with Crippen molar-refractivity contribution in [1.29, 1.82) is 0 Å². The Morgan fingerprint density at radius 2 is 1.88 bits per heavy atom. The van der Waals surface area contributed by atoms with E-state index in [-0.39, 0.29) is 41.3 Å². The largest absolute Gasteiger partial charge is 0.478 e. The molecule has 2 aromatic carbocycles. The first-order chi connectivity index (χ1) is 20.7. The van der Waals surface area contributed by atoms with Gasteiger partial charge in [-0.3, -0.25) is 9.59 Å². The number of carbonyl (C=O) groups is 4. The van der Waals surface area contributed by atoms with Gasteiger partial charge in [-0.2, -0.15) is 14.6 Å². The van der Waals surface area contributed by atoms with E-state index in [1.807, 2.05) is 18.2 Å². The molecular formula is C30H30N8O5. The molecule has 13 heteroatoms. The lowest BCUT2D eigenvalue weighted by atomic mass is 9.97. The predicted octanol–water partition coefficient (Wildman–Crippen LogP) is 2.18. The summed E-state index contributed by atoms with van der Waals surface area (Å²) in [5.41, 5.74) is 5.95. The maximum Gasteiger partial charge on any atom is 0.335 e. The molecule has 4 N–H and O–H groups in total. The van der Waals surface area contributed by atoms with Crippen molar-refractivity contribution in [2.24, 2.45) is 0 Å². The molecule has 0 fully saturated rings. The van der Waals surface area contributed by atoms with Crippen molar-refractivity contribution >= 4 is 29.6 Å². The molecule has 6 rings (SSSR count). The van der Waals surface area contributed by atoms with Crippen LogP contribution in [0.5, 0.6) is 0 Å². The van der Waals surface area contributed by atoms with Crippen LogP contribution in [0.15, 0.2) is 42.7 Å². The first kappa shape index (κ1) is 27.8. The van der Waals surface area contributed by atoms with Crippen LogP contribution < -0.4 is 16.0 Å². The second-order valence-corrected chi connectivity index (χ2v) is 10.7. The Morgan fingerprint density at radius 3 is 2.67 bits per heavy atom. The Kier molecular flexibility index (Phi) is 7.22. The summed E-state index contributed by atoms with van der Waals surface area (Å²) in [7, 11) is 1.61. The fraction of sp³-hybridized carbons (Fsp3) is 0.300. The van der Waals surface area contributed by atoms with Crippen molar-refractivity contribution in [1.82, 2.24) is 40.4 Å². The number of benzene rings is 2. The minimum atomic E-state index is -0.983. The molecule has 0 unspecified atom stereocenters. The molecule has 1 atom stereocenters. The van der Waals surface area contributed by atoms with Crippen LogP contribution in [0.25, 0.3) is 5.78 Å². The van der Waals surface area contributed by atoms with Crippen LogP contribution in [0, 0.1) is 6.92 Å². The number of urea groups is 1. The standard InChI is InChI=1S/C30H30N8O5/c1-16-20-7-8-23(22(20)6-5-21(16)28(41)42)35-27(40)25-12-24(36-29-33-15-34-38(25)29)26(39)32-13-17-3-4-18-9-10-37(30(43)31-2)14-19(18)11-17/h3-6,11-12,15,23H,7-10,13-14H2,1-2H3,(H,31,43)(H,32,39)(H,35,40)(H,41,42)/t23-/m0/s1. The third kappa shape index (κ3) is 5.25. The first-order valence-corrected chi connectivity index (χ1v) is 14.0. The van der Waals surface area contributed by atoms with Crippen LogP contribution in [0.4, 0.5) is 4.79 Å². The Morgan fingerprint density at radius 1 is 1.05 bits per heavy atom. The molecule has 1 aliphatic heterocycles. The van der Waals surface area contributed by atoms with Gasteiger partial charge in [-0.15, -0.1) is 0 Å². The zero-order valence-corrected chi connectivity index (χ0v) is 23.7. The number of carboxylic acid groups (broad SMARTS) is 1. The smallest absolute Gasteiger partial charge is 0.335 e. The summed E-state index contributed by atoms with van der Waals surface area (Å²) < 4.78 is 1.28. The number of hydrogen-bond donors (Lipinski definition) is 4. The van der Waals surface area contributed by atoms with Crippen molar-refractivity contribution in [2.45, 2.75) is 45.3 Å². The summed E-state index contributed by atoms with van der Waals surface area (Å²) in [6.07, 6.45) is 3.28. The molecule has 220 valence electrons. The number of carboxylic acids is 1. The zero-order valence-electron chi connectivity index (χ0n) is 23.7. The lowest BCUT2D eigenvalue weighted by Gasteiger charge is -2.28. The van der Waals surface area contributed by atoms with Crippen LogP contribution in [0.2, 0.25) is 0 Å². The van der Waals surface area contributed by atoms with Gasteiger partial charge >= 0.3 is 12.0 Å². The van der Waals surface area contributed by atoms with E-state index in [0.29, 0.717) is 31.5 Å². The topological polar surface area (TPSA) is 171 Å². The molecule has 43 heavy (non-hydrogen) atoms. The van der Waals surface area contributed by atoms with E-state index in [1.165, 1.54) is 22.5 Å². The van der Waals surface area contributed by atoms with Gasteiger partial charge in [-0.1, -0.05) is 24.3 Å². The summed E-state index contributed by atoms with van der Waals surface area (Å²) in [6.45, 7) is 3.15. The van der Waals surface area contributed by atoms with E-state index in [1.54, 1.807) is 31.0 Å². The average molecular weight is 583 g/mol. The second-order valence-electron chi connectivity index (χ2n) is 10.7. The summed E-state index contributed by atoms with van der Waals surface area (Å²) in [5, 5.41) is 22.1. The number of carbonyl (C=O) groups excluding carboxylic acids is 3. The zero-order chi connectivity index (χ0) is 30.2. The van der Waals surface area contributed by atoms with Crippen molar-refractivity contribution in [2.75, 3.05) is 13.6 Å². The fourth-order valence-corrected chi connectivity index (χ4v) is 5.91. The molecule has 3 heterocycles. The maximum absolute atomic E-state index is 13.5. The monoisotopic (exact) mass is 582 g/mol. The van der Waals surface area contributed by atoms with Crippen molar-refractivity contribution in [3.63, 3.8) is 0 Å². The van der Waals surface area contributed by atoms with Gasteiger partial charge in [0.05, 0.1) is 11.6 Å². The van der Waals surface area contributed by atoms with E-state index >= 15 is 0 Å². The molecule has 4 aromatic rings. The maximum atomic E-state index is 13.5. The van der Waals surface area contributed by atoms with Gasteiger partial charge in [0, 0.05) is 32.7 Å². The number of aromatic nitrogens is 4. The third-order valence-corrected chi connectivity index (χ3v) is 8.18. The van der Waals surface area contributed by atoms with Gasteiger partial charge in [0.15, 0.2) is 0 Å². The normalized spacial score (nSPS) is 15.5. The van der Waals surface area contributed by atoms with Crippen molar-refractivity contribution in [3.05, 3.63) is 93.1 Å². The van der Waals surface area contributed by atoms with Crippen LogP contribution >= 0.6 is 0 Å². The van der Waals surface area contributed by atoms with E-state index in [0.717, 1.165) is 28.7 Å². The number of amides is 4. The van der Waals surface area contributed by atoms with Gasteiger partial charge < -0.3 is 26.0 Å². The van der Waals surface area contributed by atoms with Gasteiger partial charge in [-0.05, 0) is 65.6 Å². The molecule has 1 aliphatic carbocycles. The minimum absolute atomic E-state index is 0.0168. The van der Waals surface area contributed by atoms with E-state index in [2.05, 4.69) is 31.0 Å². The van der Waals surface area contributed by atoms with Crippen molar-refractivity contribution in [3.8, 4) is 0 Å². The Labute approximate surface area is 246 Å². The van der Waals surface area contributed by atoms with Gasteiger partial charge in [0.1, 0.15) is 17.7 Å². The number of nitrogens with zero attached hydrogens (tertiary/aromatic N) is 5. The van der Waals surface area contributed by atoms with Gasteiger partial charge in [0.2, 0.25) is 0 Å². The molecule has 2 aliphatic rings. The van der Waals surface area contributed by atoms with Crippen LogP contribution in [0.3, 0.4) is 0 Å². The highest BCUT2D eigenvalue weighted by Crippen LogP contribution is 2.35. The molecule has 4 amide bonds. The molecule has 0 bridgehead atoms. The molecule has 0 radical (unpaired) electrons. The summed E-state index contributed by atoms with van der Waals surface area (Å²) in [5.74, 6) is -1.81. The van der Waals surface area contributed by atoms with Gasteiger partial charge in [0.25, 0.3) is 17.6 Å². The van der Waals surface area contributed by atoms with Gasteiger partial charge in [-0.25, -0.2) is 14.6 Å². The molecular weight excluding hydrogens is 552 g/mol. The lowest BCUT2D eigenvalue weighted by Crippen LogP contribution is -2.41. The minimum Gasteiger partial charge on any atom is -0.478 e. The molecule has 0 spiro atoms. The molecule has 13 nitrogen and oxygen atoms in total. The van der Waals surface area contributed by atoms with Crippen LogP contribution in [0.1, 0.15) is 77.2 Å². The summed E-state index contributed by atoms with van der Waals surface area (Å²) in [4.78, 5) is 60.4. The molecule has 0 saturated heterocycles. The molecule has 0 saturated carbocycles. The van der Waals surface area contributed by atoms with E-state index < -0.39 is 17.8 Å². The Bertz CT molecular complexity index is 1800. The first-order valence-electron chi connectivity index (χ1n) is 14.0. The number of fused-ring (bicyclic) bond motifs is 3. The highest BCUT2D eigenvalue weighted by molar-refractivity contribution is 5.98. The molecule has 2 aromatic heterocycles. The Balaban J connectivity index is 1.18. The summed E-state index contributed by atoms with van der Waals surface area (Å²) >= 11 is 0. The SMILES string of the molecule is CNC(=O)N1CCc2ccc(CNC(=O)c3cc(C(=O)N[C@H]4CCc5c4ccc(C(=O)O)c5C)n4ncnc4n3)cc2C1. The van der Waals surface area contributed by atoms with E-state index in [4.69, 9.17) is 0 Å². The third-order valence-electron chi connectivity index (χ3n) is 8.18. The lowest BCUT2D eigenvalue weighted by molar-refractivity contribution is 0.0695. The summed E-state index contributed by atoms with van der Waals surface area (Å²) in [6, 6.07) is 10.2. The predicted molar refractivity (Wildman–Crippen MR) is 154 cm³/mol. The average Bonchev–Trinajstić information content (AvgIpc) is 3.66. The fourth-order valence-electron chi connectivity index (χ4n) is 5.91. The van der Waals surface area contributed by atoms with Crippen molar-refractivity contribution < 1.29 is 24.3 Å². The number of hydrogen-bond acceptors (Lipinski definition) is 7. The quantitative estimate of drug-likeness (QED) is 0.268. The number of nitrogens with one attached hydrogen (secondary N) is 3.